The van der Waals surface area contributed by atoms with Crippen molar-refractivity contribution in [2.45, 2.75) is 32.1 Å². The molecule has 0 radical (unpaired) electrons. The highest BCUT2D eigenvalue weighted by atomic mass is 32.2. The normalized spacial score (nSPS) is 16.1. The summed E-state index contributed by atoms with van der Waals surface area (Å²) in [7, 11) is -3.61. The highest BCUT2D eigenvalue weighted by Gasteiger charge is 2.31. The van der Waals surface area contributed by atoms with Crippen molar-refractivity contribution in [2.24, 2.45) is 5.92 Å². The summed E-state index contributed by atoms with van der Waals surface area (Å²) in [6.45, 7) is 3.02. The number of benzene rings is 2. The molecule has 7 heteroatoms. The van der Waals surface area contributed by atoms with Crippen LogP contribution in [0.1, 0.15) is 29.5 Å². The Kier molecular flexibility index (Phi) is 6.46. The van der Waals surface area contributed by atoms with Crippen molar-refractivity contribution in [1.29, 1.82) is 0 Å². The van der Waals surface area contributed by atoms with Gasteiger partial charge in [0.1, 0.15) is 5.82 Å². The van der Waals surface area contributed by atoms with Gasteiger partial charge >= 0.3 is 0 Å². The van der Waals surface area contributed by atoms with Crippen molar-refractivity contribution in [1.82, 2.24) is 9.62 Å². The third-order valence-electron chi connectivity index (χ3n) is 5.23. The molecule has 150 valence electrons. The average molecular weight is 405 g/mol. The largest absolute Gasteiger partial charge is 0.352 e. The fourth-order valence-electron chi connectivity index (χ4n) is 3.43. The van der Waals surface area contributed by atoms with Crippen LogP contribution in [-0.2, 0) is 27.1 Å². The Morgan fingerprint density at radius 3 is 2.32 bits per heavy atom. The van der Waals surface area contributed by atoms with Crippen LogP contribution in [0.15, 0.2) is 48.5 Å². The van der Waals surface area contributed by atoms with E-state index in [4.69, 9.17) is 0 Å². The van der Waals surface area contributed by atoms with Gasteiger partial charge in [-0.05, 0) is 37.0 Å². The lowest BCUT2D eigenvalue weighted by atomic mass is 9.97. The molecule has 0 unspecified atom stereocenters. The molecule has 28 heavy (non-hydrogen) atoms. The number of nitrogens with one attached hydrogen (secondary N) is 1. The fourth-order valence-corrected chi connectivity index (χ4v) is 5.01. The van der Waals surface area contributed by atoms with Gasteiger partial charge in [-0.15, -0.1) is 0 Å². The molecule has 0 spiro atoms. The Morgan fingerprint density at radius 2 is 1.68 bits per heavy atom. The van der Waals surface area contributed by atoms with Gasteiger partial charge in [-0.25, -0.2) is 17.1 Å². The molecule has 3 rings (SSSR count). The summed E-state index contributed by atoms with van der Waals surface area (Å²) in [6, 6.07) is 13.8. The zero-order valence-corrected chi connectivity index (χ0v) is 16.7. The second-order valence-electron chi connectivity index (χ2n) is 7.17. The van der Waals surface area contributed by atoms with Crippen molar-refractivity contribution < 1.29 is 17.6 Å². The van der Waals surface area contributed by atoms with Crippen molar-refractivity contribution >= 4 is 15.9 Å². The Balaban J connectivity index is 1.53. The van der Waals surface area contributed by atoms with E-state index in [-0.39, 0.29) is 36.2 Å². The summed E-state index contributed by atoms with van der Waals surface area (Å²) in [5.74, 6) is -1.13. The predicted octanol–water partition coefficient (Wildman–Crippen LogP) is 2.99. The van der Waals surface area contributed by atoms with Crippen LogP contribution < -0.4 is 5.32 Å². The van der Waals surface area contributed by atoms with E-state index >= 15 is 0 Å². The first-order chi connectivity index (χ1) is 13.4. The third-order valence-corrected chi connectivity index (χ3v) is 7.06. The van der Waals surface area contributed by atoms with E-state index in [9.17, 15) is 17.6 Å². The molecule has 0 aliphatic carbocycles. The number of aryl methyl sites for hydroxylation is 1. The molecular formula is C21H25FN2O3S. The van der Waals surface area contributed by atoms with Crippen LogP contribution >= 0.6 is 0 Å². The van der Waals surface area contributed by atoms with Crippen LogP contribution in [0.4, 0.5) is 4.39 Å². The molecule has 0 saturated carbocycles. The zero-order chi connectivity index (χ0) is 20.1. The second kappa shape index (κ2) is 8.84. The van der Waals surface area contributed by atoms with Crippen molar-refractivity contribution in [3.63, 3.8) is 0 Å². The van der Waals surface area contributed by atoms with Gasteiger partial charge in [0.25, 0.3) is 0 Å². The Bertz CT molecular complexity index is 938. The van der Waals surface area contributed by atoms with Gasteiger partial charge in [0.05, 0.1) is 5.75 Å². The van der Waals surface area contributed by atoms with E-state index in [1.807, 2.05) is 31.2 Å². The average Bonchev–Trinajstić information content (AvgIpc) is 2.69. The van der Waals surface area contributed by atoms with E-state index in [0.717, 1.165) is 11.1 Å². The number of carbonyl (C=O) groups is 1. The molecule has 1 N–H and O–H groups in total. The summed E-state index contributed by atoms with van der Waals surface area (Å²) in [5, 5.41) is 2.95. The van der Waals surface area contributed by atoms with E-state index < -0.39 is 15.8 Å². The zero-order valence-electron chi connectivity index (χ0n) is 15.9. The number of piperidine rings is 1. The van der Waals surface area contributed by atoms with Crippen molar-refractivity contribution in [3.8, 4) is 0 Å². The molecule has 1 amide bonds. The summed E-state index contributed by atoms with van der Waals surface area (Å²) in [6.07, 6.45) is 0.937. The van der Waals surface area contributed by atoms with Gasteiger partial charge in [0.2, 0.25) is 15.9 Å². The maximum Gasteiger partial charge on any atom is 0.223 e. The van der Waals surface area contributed by atoms with E-state index in [1.54, 1.807) is 6.07 Å². The smallest absolute Gasteiger partial charge is 0.223 e. The molecule has 2 aromatic rings. The second-order valence-corrected chi connectivity index (χ2v) is 9.13. The summed E-state index contributed by atoms with van der Waals surface area (Å²) in [4.78, 5) is 12.4. The van der Waals surface area contributed by atoms with Gasteiger partial charge in [-0.3, -0.25) is 4.79 Å². The van der Waals surface area contributed by atoms with Gasteiger partial charge in [0, 0.05) is 31.1 Å². The van der Waals surface area contributed by atoms with E-state index in [1.165, 1.54) is 22.5 Å². The first-order valence-corrected chi connectivity index (χ1v) is 11.0. The number of hydrogen-bond acceptors (Lipinski definition) is 3. The SMILES string of the molecule is Cc1ccccc1CNC(=O)C1CCN(S(=O)(=O)Cc2ccccc2F)CC1. The number of hydrogen-bond donors (Lipinski definition) is 1. The minimum atomic E-state index is -3.61. The molecule has 1 aliphatic rings. The number of halogens is 1. The highest BCUT2D eigenvalue weighted by Crippen LogP contribution is 2.22. The molecule has 1 saturated heterocycles. The molecule has 0 aromatic heterocycles. The Morgan fingerprint density at radius 1 is 1.07 bits per heavy atom. The molecule has 1 aliphatic heterocycles. The van der Waals surface area contributed by atoms with Crippen LogP contribution in [0.3, 0.4) is 0 Å². The Hall–Kier alpha value is -2.25. The maximum atomic E-state index is 13.8. The van der Waals surface area contributed by atoms with Crippen LogP contribution in [0.25, 0.3) is 0 Å². The fraction of sp³-hybridized carbons (Fsp3) is 0.381. The quantitative estimate of drug-likeness (QED) is 0.805. The van der Waals surface area contributed by atoms with Crippen LogP contribution in [0.2, 0.25) is 0 Å². The lowest BCUT2D eigenvalue weighted by Gasteiger charge is -2.30. The van der Waals surface area contributed by atoms with E-state index in [0.29, 0.717) is 19.4 Å². The first kappa shape index (κ1) is 20.5. The minimum Gasteiger partial charge on any atom is -0.352 e. The van der Waals surface area contributed by atoms with Crippen LogP contribution in [-0.4, -0.2) is 31.7 Å². The lowest BCUT2D eigenvalue weighted by molar-refractivity contribution is -0.126. The number of carbonyl (C=O) groups excluding carboxylic acids is 1. The van der Waals surface area contributed by atoms with Gasteiger partial charge in [0.15, 0.2) is 0 Å². The van der Waals surface area contributed by atoms with Crippen molar-refractivity contribution in [3.05, 3.63) is 71.0 Å². The molecule has 0 atom stereocenters. The van der Waals surface area contributed by atoms with E-state index in [2.05, 4.69) is 5.32 Å². The molecule has 5 nitrogen and oxygen atoms in total. The molecule has 1 heterocycles. The van der Waals surface area contributed by atoms with Gasteiger partial charge < -0.3 is 5.32 Å². The van der Waals surface area contributed by atoms with Crippen LogP contribution in [0.5, 0.6) is 0 Å². The number of amides is 1. The third kappa shape index (κ3) is 4.97. The predicted molar refractivity (Wildman–Crippen MR) is 106 cm³/mol. The van der Waals surface area contributed by atoms with Gasteiger partial charge in [-0.1, -0.05) is 42.5 Å². The number of rotatable bonds is 6. The maximum absolute atomic E-state index is 13.8. The molecule has 1 fully saturated rings. The van der Waals surface area contributed by atoms with Gasteiger partial charge in [-0.2, -0.15) is 0 Å². The van der Waals surface area contributed by atoms with Crippen LogP contribution in [0, 0.1) is 18.7 Å². The molecular weight excluding hydrogens is 379 g/mol. The highest BCUT2D eigenvalue weighted by molar-refractivity contribution is 7.88. The minimum absolute atomic E-state index is 0.0468. The number of sulfonamides is 1. The molecule has 2 aromatic carbocycles. The van der Waals surface area contributed by atoms with Crippen molar-refractivity contribution in [2.75, 3.05) is 13.1 Å². The summed E-state index contributed by atoms with van der Waals surface area (Å²) in [5.41, 5.74) is 2.36. The Labute approximate surface area is 165 Å². The number of nitrogens with zero attached hydrogens (tertiary/aromatic N) is 1. The topological polar surface area (TPSA) is 66.5 Å². The monoisotopic (exact) mass is 404 g/mol. The first-order valence-electron chi connectivity index (χ1n) is 9.40. The molecule has 0 bridgehead atoms. The summed E-state index contributed by atoms with van der Waals surface area (Å²) >= 11 is 0. The summed E-state index contributed by atoms with van der Waals surface area (Å²) < 4.78 is 40.3. The lowest BCUT2D eigenvalue weighted by Crippen LogP contribution is -2.43. The standard InChI is InChI=1S/C21H25FN2O3S/c1-16-6-2-3-7-18(16)14-23-21(25)17-10-12-24(13-11-17)28(26,27)15-19-8-4-5-9-20(19)22/h2-9,17H,10-15H2,1H3,(H,23,25).